The molecule has 2 amide bonds. The lowest BCUT2D eigenvalue weighted by molar-refractivity contribution is -0.143. The molecule has 0 saturated carbocycles. The fraction of sp³-hybridized carbons (Fsp3) is 0.421. The van der Waals surface area contributed by atoms with Gasteiger partial charge in [-0.25, -0.2) is 0 Å². The highest BCUT2D eigenvalue weighted by atomic mass is 16.5. The van der Waals surface area contributed by atoms with Crippen molar-refractivity contribution >= 4 is 17.5 Å². The molecule has 26 heavy (non-hydrogen) atoms. The summed E-state index contributed by atoms with van der Waals surface area (Å²) in [5, 5.41) is 7.33. The van der Waals surface area contributed by atoms with Gasteiger partial charge in [-0.15, -0.1) is 0 Å². The van der Waals surface area contributed by atoms with E-state index in [-0.39, 0.29) is 18.4 Å². The van der Waals surface area contributed by atoms with Gasteiger partial charge in [0.15, 0.2) is 0 Å². The summed E-state index contributed by atoms with van der Waals surface area (Å²) in [7, 11) is 3.34. The van der Waals surface area contributed by atoms with Crippen molar-refractivity contribution in [2.75, 3.05) is 25.5 Å². The van der Waals surface area contributed by atoms with E-state index in [1.807, 2.05) is 37.4 Å². The van der Waals surface area contributed by atoms with Crippen LogP contribution < -0.4 is 5.32 Å². The molecule has 1 saturated heterocycles. The Morgan fingerprint density at radius 1 is 1.31 bits per heavy atom. The Hall–Kier alpha value is -2.67. The van der Waals surface area contributed by atoms with Crippen LogP contribution in [0.4, 0.5) is 5.69 Å². The van der Waals surface area contributed by atoms with Gasteiger partial charge in [0, 0.05) is 32.5 Å². The first-order valence-electron chi connectivity index (χ1n) is 8.79. The number of benzene rings is 1. The van der Waals surface area contributed by atoms with Gasteiger partial charge >= 0.3 is 0 Å². The predicted molar refractivity (Wildman–Crippen MR) is 98.5 cm³/mol. The van der Waals surface area contributed by atoms with Gasteiger partial charge in [0.05, 0.1) is 12.2 Å². The number of aromatic nitrogens is 2. The smallest absolute Gasteiger partial charge is 0.252 e. The standard InChI is InChI=1S/C19H24N4O3/c1-22-12-15(18(21-22)14-8-4-3-5-9-14)20-17(24)13-23-11-7-6-10-16(26-2)19(23)25/h3-5,8-9,12,16H,6-7,10-11,13H2,1-2H3,(H,20,24). The molecule has 0 bridgehead atoms. The highest BCUT2D eigenvalue weighted by molar-refractivity contribution is 5.97. The number of ether oxygens (including phenoxy) is 1. The number of nitrogens with zero attached hydrogens (tertiary/aromatic N) is 3. The lowest BCUT2D eigenvalue weighted by Crippen LogP contribution is -2.43. The zero-order valence-corrected chi connectivity index (χ0v) is 15.1. The Balaban J connectivity index is 1.72. The Kier molecular flexibility index (Phi) is 5.68. The average molecular weight is 356 g/mol. The van der Waals surface area contributed by atoms with Crippen LogP contribution in [0.3, 0.4) is 0 Å². The zero-order chi connectivity index (χ0) is 18.5. The minimum atomic E-state index is -0.455. The van der Waals surface area contributed by atoms with Gasteiger partial charge in [0.1, 0.15) is 11.8 Å². The molecule has 138 valence electrons. The van der Waals surface area contributed by atoms with Crippen LogP contribution in [0.2, 0.25) is 0 Å². The number of rotatable bonds is 5. The molecule has 1 N–H and O–H groups in total. The van der Waals surface area contributed by atoms with Crippen LogP contribution >= 0.6 is 0 Å². The maximum absolute atomic E-state index is 12.5. The summed E-state index contributed by atoms with van der Waals surface area (Å²) < 4.78 is 6.92. The van der Waals surface area contributed by atoms with E-state index in [9.17, 15) is 9.59 Å². The number of carbonyl (C=O) groups is 2. The molecule has 0 radical (unpaired) electrons. The summed E-state index contributed by atoms with van der Waals surface area (Å²) in [4.78, 5) is 26.6. The van der Waals surface area contributed by atoms with Gasteiger partial charge < -0.3 is 15.0 Å². The molecule has 1 fully saturated rings. The van der Waals surface area contributed by atoms with E-state index in [1.165, 1.54) is 7.11 Å². The third kappa shape index (κ3) is 4.11. The van der Waals surface area contributed by atoms with E-state index in [0.29, 0.717) is 24.3 Å². The van der Waals surface area contributed by atoms with Crippen molar-refractivity contribution in [2.24, 2.45) is 7.05 Å². The van der Waals surface area contributed by atoms with Gasteiger partial charge in [-0.2, -0.15) is 5.10 Å². The highest BCUT2D eigenvalue weighted by Crippen LogP contribution is 2.26. The quantitative estimate of drug-likeness (QED) is 0.890. The number of anilines is 1. The molecule has 7 nitrogen and oxygen atoms in total. The van der Waals surface area contributed by atoms with E-state index < -0.39 is 6.10 Å². The number of carbonyl (C=O) groups excluding carboxylic acids is 2. The van der Waals surface area contributed by atoms with Crippen molar-refractivity contribution in [1.29, 1.82) is 0 Å². The molecular formula is C19H24N4O3. The number of methoxy groups -OCH3 is 1. The van der Waals surface area contributed by atoms with Crippen LogP contribution in [-0.2, 0) is 21.4 Å². The molecule has 2 aromatic rings. The summed E-state index contributed by atoms with van der Waals surface area (Å²) in [6.07, 6.45) is 3.81. The first kappa shape index (κ1) is 18.1. The van der Waals surface area contributed by atoms with Crippen LogP contribution in [0, 0.1) is 0 Å². The Morgan fingerprint density at radius 2 is 2.08 bits per heavy atom. The van der Waals surface area contributed by atoms with Gasteiger partial charge in [-0.1, -0.05) is 30.3 Å². The molecule has 3 rings (SSSR count). The number of aryl methyl sites for hydroxylation is 1. The summed E-state index contributed by atoms with van der Waals surface area (Å²) in [5.74, 6) is -0.352. The molecular weight excluding hydrogens is 332 g/mol. The van der Waals surface area contributed by atoms with Crippen molar-refractivity contribution in [1.82, 2.24) is 14.7 Å². The normalized spacial score (nSPS) is 17.8. The second kappa shape index (κ2) is 8.14. The van der Waals surface area contributed by atoms with Crippen LogP contribution in [-0.4, -0.2) is 52.8 Å². The maximum atomic E-state index is 12.5. The van der Waals surface area contributed by atoms with Crippen molar-refractivity contribution in [2.45, 2.75) is 25.4 Å². The predicted octanol–water partition coefficient (Wildman–Crippen LogP) is 2.05. The van der Waals surface area contributed by atoms with Crippen molar-refractivity contribution in [3.8, 4) is 11.3 Å². The van der Waals surface area contributed by atoms with E-state index in [1.54, 1.807) is 15.8 Å². The first-order valence-corrected chi connectivity index (χ1v) is 8.79. The molecule has 2 heterocycles. The maximum Gasteiger partial charge on any atom is 0.252 e. The molecule has 1 unspecified atom stereocenters. The second-order valence-electron chi connectivity index (χ2n) is 6.46. The Morgan fingerprint density at radius 3 is 2.81 bits per heavy atom. The number of amides is 2. The van der Waals surface area contributed by atoms with Crippen LogP contribution in [0.25, 0.3) is 11.3 Å². The third-order valence-electron chi connectivity index (χ3n) is 4.50. The Bertz CT molecular complexity index is 772. The average Bonchev–Trinajstić information content (AvgIpc) is 2.91. The number of hydrogen-bond acceptors (Lipinski definition) is 4. The molecule has 1 aliphatic heterocycles. The van der Waals surface area contributed by atoms with E-state index in [4.69, 9.17) is 4.74 Å². The molecule has 7 heteroatoms. The number of likely N-dealkylation sites (tertiary alicyclic amines) is 1. The van der Waals surface area contributed by atoms with Gasteiger partial charge in [0.2, 0.25) is 5.91 Å². The van der Waals surface area contributed by atoms with Gasteiger partial charge in [-0.3, -0.25) is 14.3 Å². The SMILES string of the molecule is COC1CCCCN(CC(=O)Nc2cn(C)nc2-c2ccccc2)C1=O. The van der Waals surface area contributed by atoms with Crippen molar-refractivity contribution in [3.05, 3.63) is 36.5 Å². The number of nitrogens with one attached hydrogen (secondary N) is 1. The molecule has 0 spiro atoms. The minimum absolute atomic E-state index is 0.0157. The summed E-state index contributed by atoms with van der Waals surface area (Å²) in [5.41, 5.74) is 2.27. The van der Waals surface area contributed by atoms with Crippen molar-refractivity contribution < 1.29 is 14.3 Å². The lowest BCUT2D eigenvalue weighted by atomic mass is 10.1. The zero-order valence-electron chi connectivity index (χ0n) is 15.1. The third-order valence-corrected chi connectivity index (χ3v) is 4.50. The fourth-order valence-electron chi connectivity index (χ4n) is 3.20. The minimum Gasteiger partial charge on any atom is -0.372 e. The van der Waals surface area contributed by atoms with Crippen molar-refractivity contribution in [3.63, 3.8) is 0 Å². The van der Waals surface area contributed by atoms with E-state index in [2.05, 4.69) is 10.4 Å². The molecule has 1 atom stereocenters. The van der Waals surface area contributed by atoms with Crippen LogP contribution in [0.1, 0.15) is 19.3 Å². The van der Waals surface area contributed by atoms with Gasteiger partial charge in [-0.05, 0) is 19.3 Å². The van der Waals surface area contributed by atoms with Crippen LogP contribution in [0.5, 0.6) is 0 Å². The summed E-state index contributed by atoms with van der Waals surface area (Å²) >= 11 is 0. The lowest BCUT2D eigenvalue weighted by Gasteiger charge is -2.23. The van der Waals surface area contributed by atoms with Crippen LogP contribution in [0.15, 0.2) is 36.5 Å². The molecule has 1 aromatic carbocycles. The Labute approximate surface area is 152 Å². The molecule has 1 aromatic heterocycles. The summed E-state index contributed by atoms with van der Waals surface area (Å²) in [6, 6.07) is 9.67. The highest BCUT2D eigenvalue weighted by Gasteiger charge is 2.28. The first-order chi connectivity index (χ1) is 12.6. The second-order valence-corrected chi connectivity index (χ2v) is 6.46. The molecule has 1 aliphatic rings. The van der Waals surface area contributed by atoms with Gasteiger partial charge in [0.25, 0.3) is 5.91 Å². The number of hydrogen-bond donors (Lipinski definition) is 1. The largest absolute Gasteiger partial charge is 0.372 e. The summed E-state index contributed by atoms with van der Waals surface area (Å²) in [6.45, 7) is 0.590. The van der Waals surface area contributed by atoms with E-state index >= 15 is 0 Å². The molecule has 0 aliphatic carbocycles. The van der Waals surface area contributed by atoms with E-state index in [0.717, 1.165) is 18.4 Å². The topological polar surface area (TPSA) is 76.5 Å². The fourth-order valence-corrected chi connectivity index (χ4v) is 3.20. The monoisotopic (exact) mass is 356 g/mol.